The summed E-state index contributed by atoms with van der Waals surface area (Å²) in [5, 5.41) is 3.12. The Kier molecular flexibility index (Phi) is 5.62. The van der Waals surface area contributed by atoms with Crippen LogP contribution in [-0.2, 0) is 14.6 Å². The molecule has 3 fully saturated rings. The topological polar surface area (TPSA) is 66.5 Å². The van der Waals surface area contributed by atoms with Crippen molar-refractivity contribution in [1.29, 1.82) is 0 Å². The molecule has 2 aliphatic heterocycles. The highest BCUT2D eigenvalue weighted by Gasteiger charge is 2.42. The molecule has 23 heavy (non-hydrogen) atoms. The fourth-order valence-corrected chi connectivity index (χ4v) is 6.37. The Balaban J connectivity index is 1.62. The van der Waals surface area contributed by atoms with Crippen molar-refractivity contribution < 1.29 is 13.2 Å². The van der Waals surface area contributed by atoms with E-state index in [0.717, 1.165) is 51.6 Å². The number of carbonyl (C=O) groups excluding carboxylic acids is 1. The first kappa shape index (κ1) is 17.2. The molecule has 0 aromatic rings. The first-order valence-corrected chi connectivity index (χ1v) is 11.1. The van der Waals surface area contributed by atoms with Crippen molar-refractivity contribution >= 4 is 15.7 Å². The molecule has 0 radical (unpaired) electrons. The van der Waals surface area contributed by atoms with E-state index in [1.807, 2.05) is 0 Å². The Labute approximate surface area is 140 Å². The van der Waals surface area contributed by atoms with Gasteiger partial charge in [0.15, 0.2) is 9.84 Å². The number of likely N-dealkylation sites (tertiary alicyclic amines) is 1. The van der Waals surface area contributed by atoms with Crippen LogP contribution in [0.1, 0.15) is 57.8 Å². The number of nitrogens with one attached hydrogen (secondary N) is 1. The molecular weight excluding hydrogens is 312 g/mol. The molecule has 1 amide bonds. The maximum absolute atomic E-state index is 12.7. The summed E-state index contributed by atoms with van der Waals surface area (Å²) in [6.45, 7) is 1.94. The minimum Gasteiger partial charge on any atom is -0.350 e. The lowest BCUT2D eigenvalue weighted by Gasteiger charge is -2.29. The molecule has 0 unspecified atom stereocenters. The highest BCUT2D eigenvalue weighted by molar-refractivity contribution is 7.91. The molecule has 0 bridgehead atoms. The fourth-order valence-electron chi connectivity index (χ4n) is 4.42. The molecule has 132 valence electrons. The molecule has 6 heteroatoms. The van der Waals surface area contributed by atoms with E-state index in [0.29, 0.717) is 0 Å². The third kappa shape index (κ3) is 4.47. The molecule has 0 spiro atoms. The molecule has 1 saturated carbocycles. The van der Waals surface area contributed by atoms with Gasteiger partial charge in [-0.05, 0) is 38.8 Å². The lowest BCUT2D eigenvalue weighted by atomic mass is 9.90. The van der Waals surface area contributed by atoms with Gasteiger partial charge in [0.1, 0.15) is 0 Å². The van der Waals surface area contributed by atoms with E-state index in [1.165, 1.54) is 19.3 Å². The summed E-state index contributed by atoms with van der Waals surface area (Å²) in [6.07, 6.45) is 10.2. The van der Waals surface area contributed by atoms with Crippen LogP contribution in [0.5, 0.6) is 0 Å². The fraction of sp³-hybridized carbons (Fsp3) is 0.941. The number of hydrogen-bond donors (Lipinski definition) is 1. The quantitative estimate of drug-likeness (QED) is 0.848. The Morgan fingerprint density at radius 1 is 0.870 bits per heavy atom. The standard InChI is InChI=1S/C17H30N2O3S/c20-17(14-8-4-2-1-3-5-9-14)18-15-12-23(21,22)13-16(15)19-10-6-7-11-19/h14-16H,1-13H2,(H,18,20)/t15-,16+/m1/s1. The summed E-state index contributed by atoms with van der Waals surface area (Å²) >= 11 is 0. The maximum Gasteiger partial charge on any atom is 0.223 e. The normalized spacial score (nSPS) is 33.2. The number of amides is 1. The van der Waals surface area contributed by atoms with Gasteiger partial charge in [-0.1, -0.05) is 32.1 Å². The molecule has 2 atom stereocenters. The monoisotopic (exact) mass is 342 g/mol. The highest BCUT2D eigenvalue weighted by Crippen LogP contribution is 2.25. The van der Waals surface area contributed by atoms with Crippen LogP contribution in [-0.4, -0.2) is 55.9 Å². The maximum atomic E-state index is 12.7. The van der Waals surface area contributed by atoms with Crippen LogP contribution in [0, 0.1) is 5.92 Å². The second-order valence-electron chi connectivity index (χ2n) is 7.54. The van der Waals surface area contributed by atoms with Crippen LogP contribution < -0.4 is 5.32 Å². The molecule has 5 nitrogen and oxygen atoms in total. The number of hydrogen-bond acceptors (Lipinski definition) is 4. The average molecular weight is 343 g/mol. The number of rotatable bonds is 3. The SMILES string of the molecule is O=C(N[C@@H]1CS(=O)(=O)C[C@@H]1N1CCCC1)C1CCCCCCC1. The van der Waals surface area contributed by atoms with Gasteiger partial charge < -0.3 is 5.32 Å². The van der Waals surface area contributed by atoms with Crippen molar-refractivity contribution in [3.8, 4) is 0 Å². The molecule has 3 aliphatic rings. The molecular formula is C17H30N2O3S. The third-order valence-electron chi connectivity index (χ3n) is 5.74. The minimum atomic E-state index is -3.03. The molecule has 2 heterocycles. The molecule has 0 aromatic heterocycles. The lowest BCUT2D eigenvalue weighted by molar-refractivity contribution is -0.126. The van der Waals surface area contributed by atoms with Gasteiger partial charge in [0.2, 0.25) is 5.91 Å². The van der Waals surface area contributed by atoms with Crippen molar-refractivity contribution in [3.63, 3.8) is 0 Å². The zero-order chi connectivity index (χ0) is 16.3. The van der Waals surface area contributed by atoms with Gasteiger partial charge in [-0.25, -0.2) is 8.42 Å². The van der Waals surface area contributed by atoms with Gasteiger partial charge in [0.05, 0.1) is 17.5 Å². The van der Waals surface area contributed by atoms with Crippen molar-refractivity contribution in [3.05, 3.63) is 0 Å². The van der Waals surface area contributed by atoms with Crippen molar-refractivity contribution in [1.82, 2.24) is 10.2 Å². The highest BCUT2D eigenvalue weighted by atomic mass is 32.2. The second kappa shape index (κ2) is 7.51. The summed E-state index contributed by atoms with van der Waals surface area (Å²) in [5.41, 5.74) is 0. The van der Waals surface area contributed by atoms with Crippen LogP contribution in [0.25, 0.3) is 0 Å². The Hall–Kier alpha value is -0.620. The largest absolute Gasteiger partial charge is 0.350 e. The Morgan fingerprint density at radius 2 is 1.48 bits per heavy atom. The van der Waals surface area contributed by atoms with E-state index in [-0.39, 0.29) is 35.4 Å². The molecule has 1 aliphatic carbocycles. The van der Waals surface area contributed by atoms with Crippen LogP contribution in [0.3, 0.4) is 0 Å². The summed E-state index contributed by atoms with van der Waals surface area (Å²) in [5.74, 6) is 0.505. The number of nitrogens with zero attached hydrogens (tertiary/aromatic N) is 1. The van der Waals surface area contributed by atoms with Crippen LogP contribution in [0.15, 0.2) is 0 Å². The van der Waals surface area contributed by atoms with E-state index in [2.05, 4.69) is 10.2 Å². The predicted octanol–water partition coefficient (Wildman–Crippen LogP) is 1.72. The van der Waals surface area contributed by atoms with E-state index in [9.17, 15) is 13.2 Å². The smallest absolute Gasteiger partial charge is 0.223 e. The molecule has 3 rings (SSSR count). The van der Waals surface area contributed by atoms with Gasteiger partial charge in [-0.15, -0.1) is 0 Å². The number of carbonyl (C=O) groups is 1. The van der Waals surface area contributed by atoms with Crippen LogP contribution >= 0.6 is 0 Å². The predicted molar refractivity (Wildman–Crippen MR) is 91.0 cm³/mol. The van der Waals surface area contributed by atoms with E-state index in [1.54, 1.807) is 0 Å². The van der Waals surface area contributed by atoms with E-state index >= 15 is 0 Å². The zero-order valence-electron chi connectivity index (χ0n) is 14.0. The molecule has 1 N–H and O–H groups in total. The summed E-state index contributed by atoms with van der Waals surface area (Å²) in [7, 11) is -3.03. The summed E-state index contributed by atoms with van der Waals surface area (Å²) < 4.78 is 24.2. The van der Waals surface area contributed by atoms with Crippen molar-refractivity contribution in [2.45, 2.75) is 69.9 Å². The van der Waals surface area contributed by atoms with Gasteiger partial charge in [-0.3, -0.25) is 9.69 Å². The third-order valence-corrected chi connectivity index (χ3v) is 7.45. The molecule has 2 saturated heterocycles. The summed E-state index contributed by atoms with van der Waals surface area (Å²) in [6, 6.07) is -0.226. The van der Waals surface area contributed by atoms with Crippen LogP contribution in [0.4, 0.5) is 0 Å². The first-order valence-electron chi connectivity index (χ1n) is 9.30. The minimum absolute atomic E-state index is 0.0139. The first-order chi connectivity index (χ1) is 11.1. The molecule has 0 aromatic carbocycles. The Morgan fingerprint density at radius 3 is 2.13 bits per heavy atom. The summed E-state index contributed by atoms with van der Waals surface area (Å²) in [4.78, 5) is 14.9. The van der Waals surface area contributed by atoms with E-state index < -0.39 is 9.84 Å². The van der Waals surface area contributed by atoms with Gasteiger partial charge in [-0.2, -0.15) is 0 Å². The van der Waals surface area contributed by atoms with Crippen molar-refractivity contribution in [2.24, 2.45) is 5.92 Å². The average Bonchev–Trinajstić information content (AvgIpc) is 3.05. The second-order valence-corrected chi connectivity index (χ2v) is 9.70. The van der Waals surface area contributed by atoms with Crippen LogP contribution in [0.2, 0.25) is 0 Å². The number of sulfone groups is 1. The van der Waals surface area contributed by atoms with Gasteiger partial charge in [0, 0.05) is 12.0 Å². The lowest BCUT2D eigenvalue weighted by Crippen LogP contribution is -2.51. The van der Waals surface area contributed by atoms with Gasteiger partial charge >= 0.3 is 0 Å². The zero-order valence-corrected chi connectivity index (χ0v) is 14.8. The van der Waals surface area contributed by atoms with Gasteiger partial charge in [0.25, 0.3) is 0 Å². The Bertz CT molecular complexity index is 506. The van der Waals surface area contributed by atoms with Crippen molar-refractivity contribution in [2.75, 3.05) is 24.6 Å². The van der Waals surface area contributed by atoms with E-state index in [4.69, 9.17) is 0 Å².